The summed E-state index contributed by atoms with van der Waals surface area (Å²) < 4.78 is 2.82. The Morgan fingerprint density at radius 1 is 0.494 bits per heavy atom. The lowest BCUT2D eigenvalue weighted by Crippen LogP contribution is -2.60. The Hall–Kier alpha value is -6.82. The molecule has 0 amide bonds. The highest BCUT2D eigenvalue weighted by Crippen LogP contribution is 2.62. The van der Waals surface area contributed by atoms with Crippen LogP contribution in [-0.2, 0) is 34.5 Å². The summed E-state index contributed by atoms with van der Waals surface area (Å²) in [7, 11) is 0. The number of thiophene rings is 1. The van der Waals surface area contributed by atoms with Gasteiger partial charge in [0, 0.05) is 65.4 Å². The topological polar surface area (TPSA) is 9.72 Å². The smallest absolute Gasteiger partial charge is 0.264 e. The summed E-state index contributed by atoms with van der Waals surface area (Å²) in [5, 5.41) is 1.38. The molecule has 4 heterocycles. The maximum absolute atomic E-state index is 2.83. The Balaban J connectivity index is 1.14. The van der Waals surface area contributed by atoms with Gasteiger partial charge in [-0.15, -0.1) is 11.3 Å². The second-order valence-corrected chi connectivity index (χ2v) is 29.1. The van der Waals surface area contributed by atoms with Crippen LogP contribution in [0.25, 0.3) is 21.2 Å². The lowest BCUT2D eigenvalue weighted by molar-refractivity contribution is 0.195. The number of para-hydroxylation sites is 1. The van der Waals surface area contributed by atoms with Gasteiger partial charge in [-0.1, -0.05) is 198 Å². The molecule has 1 unspecified atom stereocenters. The average Bonchev–Trinajstić information content (AvgIpc) is 2.62. The van der Waals surface area contributed by atoms with Crippen molar-refractivity contribution >= 4 is 89.3 Å². The summed E-state index contributed by atoms with van der Waals surface area (Å²) in [5.41, 5.74) is 24.9. The van der Waals surface area contributed by atoms with E-state index in [1.54, 1.807) is 0 Å². The van der Waals surface area contributed by atoms with Crippen LogP contribution in [0.4, 0.5) is 45.5 Å². The lowest BCUT2D eigenvalue weighted by Gasteiger charge is -2.51. The predicted octanol–water partition coefficient (Wildman–Crippen LogP) is 18.4. The molecule has 0 radical (unpaired) electrons. The average molecular weight is 1050 g/mol. The Morgan fingerprint density at radius 3 is 1.82 bits per heavy atom. The molecule has 0 spiro atoms. The van der Waals surface area contributed by atoms with Gasteiger partial charge in [-0.05, 0) is 165 Å². The Bertz CT molecular complexity index is 3930. The molecule has 2 aliphatic carbocycles. The van der Waals surface area contributed by atoms with Crippen LogP contribution < -0.4 is 30.4 Å². The molecule has 5 heteroatoms. The summed E-state index contributed by atoms with van der Waals surface area (Å²) in [6.45, 7) is 28.9. The third-order valence-corrected chi connectivity index (χ3v) is 21.2. The molecule has 3 nitrogen and oxygen atoms in total. The highest BCUT2D eigenvalue weighted by atomic mass is 32.1. The Morgan fingerprint density at radius 2 is 1.11 bits per heavy atom. The molecule has 8 aromatic carbocycles. The molecule has 0 saturated heterocycles. The summed E-state index contributed by atoms with van der Waals surface area (Å²) in [4.78, 5) is 8.29. The van der Waals surface area contributed by atoms with E-state index in [1.807, 2.05) is 11.3 Å². The highest BCUT2D eigenvalue weighted by Gasteiger charge is 2.58. The molecule has 2 atom stereocenters. The van der Waals surface area contributed by atoms with Crippen molar-refractivity contribution in [2.24, 2.45) is 5.41 Å². The zero-order valence-electron chi connectivity index (χ0n) is 48.7. The van der Waals surface area contributed by atoms with E-state index < -0.39 is 0 Å². The van der Waals surface area contributed by atoms with Gasteiger partial charge in [-0.25, -0.2) is 0 Å². The third kappa shape index (κ3) is 7.57. The molecule has 1 fully saturated rings. The van der Waals surface area contributed by atoms with Gasteiger partial charge in [0.05, 0.1) is 16.9 Å². The van der Waals surface area contributed by atoms with Crippen LogP contribution in [0.15, 0.2) is 170 Å². The van der Waals surface area contributed by atoms with Crippen LogP contribution in [0, 0.1) is 5.41 Å². The summed E-state index contributed by atoms with van der Waals surface area (Å²) in [6, 6.07) is 67.0. The first-order valence-corrected chi connectivity index (χ1v) is 30.2. The number of hydrogen-bond acceptors (Lipinski definition) is 4. The summed E-state index contributed by atoms with van der Waals surface area (Å²) in [6.07, 6.45) is 6.97. The molecular weight excluding hydrogens is 974 g/mol. The fourth-order valence-corrected chi connectivity index (χ4v) is 16.7. The maximum atomic E-state index is 2.83. The van der Waals surface area contributed by atoms with E-state index in [9.17, 15) is 0 Å². The van der Waals surface area contributed by atoms with Crippen molar-refractivity contribution in [1.29, 1.82) is 0 Å². The van der Waals surface area contributed by atoms with Crippen molar-refractivity contribution in [2.45, 2.75) is 149 Å². The number of hydrogen-bond donors (Lipinski definition) is 0. The summed E-state index contributed by atoms with van der Waals surface area (Å²) in [5.74, 6) is 0. The van der Waals surface area contributed by atoms with Crippen LogP contribution in [0.1, 0.15) is 148 Å². The van der Waals surface area contributed by atoms with E-state index in [0.717, 1.165) is 19.3 Å². The van der Waals surface area contributed by atoms with Gasteiger partial charge in [-0.2, -0.15) is 0 Å². The van der Waals surface area contributed by atoms with Crippen LogP contribution in [0.2, 0.25) is 0 Å². The lowest BCUT2D eigenvalue weighted by atomic mass is 9.36. The Labute approximate surface area is 475 Å². The highest BCUT2D eigenvalue weighted by molar-refractivity contribution is 7.33. The molecule has 1 aromatic heterocycles. The van der Waals surface area contributed by atoms with E-state index in [4.69, 9.17) is 0 Å². The van der Waals surface area contributed by atoms with Gasteiger partial charge in [-0.3, -0.25) is 0 Å². The van der Waals surface area contributed by atoms with E-state index in [-0.39, 0.29) is 39.3 Å². The van der Waals surface area contributed by atoms with Crippen molar-refractivity contribution in [3.8, 4) is 11.1 Å². The van der Waals surface area contributed by atoms with E-state index in [1.165, 1.54) is 141 Å². The van der Waals surface area contributed by atoms with Crippen LogP contribution >= 0.6 is 11.3 Å². The van der Waals surface area contributed by atoms with Gasteiger partial charge in [0.25, 0.3) is 6.71 Å². The van der Waals surface area contributed by atoms with Gasteiger partial charge < -0.3 is 14.7 Å². The fraction of sp³-hybridized carbons (Fsp3) is 0.324. The minimum absolute atomic E-state index is 0.0145. The van der Waals surface area contributed by atoms with Crippen molar-refractivity contribution in [2.75, 3.05) is 14.7 Å². The van der Waals surface area contributed by atoms with E-state index in [2.05, 4.69) is 268 Å². The first-order chi connectivity index (χ1) is 37.6. The van der Waals surface area contributed by atoms with Crippen molar-refractivity contribution in [3.05, 3.63) is 209 Å². The largest absolute Gasteiger partial charge is 0.334 e. The van der Waals surface area contributed by atoms with E-state index in [0.29, 0.717) is 0 Å². The second-order valence-electron chi connectivity index (χ2n) is 28.0. The molecule has 396 valence electrons. The third-order valence-electron chi connectivity index (χ3n) is 20.0. The molecule has 5 aliphatic rings. The number of anilines is 8. The number of nitrogens with zero attached hydrogens (tertiary/aromatic N) is 3. The van der Waals surface area contributed by atoms with Gasteiger partial charge in [0.15, 0.2) is 0 Å². The fourth-order valence-electron chi connectivity index (χ4n) is 15.3. The van der Waals surface area contributed by atoms with E-state index >= 15 is 0 Å². The molecule has 1 saturated carbocycles. The Kier molecular flexibility index (Phi) is 11.1. The first kappa shape index (κ1) is 50.4. The van der Waals surface area contributed by atoms with Crippen LogP contribution in [-0.4, -0.2) is 12.3 Å². The standard InChI is InChI=1S/C74H76BN3S/c1-69(2,3)50-29-33-54(34-30-50)76-63-43-55(78-61-28-20-19-27-58(61)73(11)37-21-22-38-74(73,78)12)44-64-66(63)75(68-67(76)57-39-48-45-71(7,8)46-49(48)40-65(57)79-68)59-35-31-53(72(9,10)51-25-17-14-18-26-51)42-62(59)77(64)60-36-32-52(70(4,5)6)41-56(60)47-23-15-13-16-24-47/h13-20,23-36,39-44H,21-22,37-38,45-46H2,1-12H3/t73-,74?/m1/s1. The molecule has 0 N–H and O–H groups in total. The SMILES string of the molecule is CC1(C)Cc2cc3sc4c(c3cc2C1)N(c1ccc(C(C)(C)C)cc1)c1cc(N2c3ccccc3[C@@]3(C)CCCCC23C)cc2c1B4c1ccc(C(C)(C)c3ccccc3)cc1N2c1ccc(C(C)(C)C)cc1-c1ccccc1. The predicted molar refractivity (Wildman–Crippen MR) is 341 cm³/mol. The quantitative estimate of drug-likeness (QED) is 0.154. The number of benzene rings is 8. The van der Waals surface area contributed by atoms with Gasteiger partial charge in [0.2, 0.25) is 0 Å². The molecule has 79 heavy (non-hydrogen) atoms. The molecule has 9 aromatic rings. The number of fused-ring (bicyclic) bond motifs is 10. The van der Waals surface area contributed by atoms with Gasteiger partial charge in [0.1, 0.15) is 0 Å². The maximum Gasteiger partial charge on any atom is 0.264 e. The second kappa shape index (κ2) is 17.3. The van der Waals surface area contributed by atoms with Crippen molar-refractivity contribution < 1.29 is 0 Å². The minimum Gasteiger partial charge on any atom is -0.334 e. The number of rotatable bonds is 6. The minimum atomic E-state index is -0.271. The zero-order valence-corrected chi connectivity index (χ0v) is 49.6. The molecule has 0 bridgehead atoms. The van der Waals surface area contributed by atoms with Crippen LogP contribution in [0.3, 0.4) is 0 Å². The van der Waals surface area contributed by atoms with Crippen molar-refractivity contribution in [1.82, 2.24) is 0 Å². The zero-order chi connectivity index (χ0) is 54.8. The first-order valence-electron chi connectivity index (χ1n) is 29.4. The van der Waals surface area contributed by atoms with Gasteiger partial charge >= 0.3 is 0 Å². The molecule has 14 rings (SSSR count). The molecule has 3 aliphatic heterocycles. The van der Waals surface area contributed by atoms with Crippen molar-refractivity contribution in [3.63, 3.8) is 0 Å². The van der Waals surface area contributed by atoms with Crippen LogP contribution in [0.5, 0.6) is 0 Å². The summed E-state index contributed by atoms with van der Waals surface area (Å²) >= 11 is 2.05. The monoisotopic (exact) mass is 1050 g/mol. The molecular formula is C74H76BN3S. The normalized spacial score (nSPS) is 19.9.